The second-order valence-corrected chi connectivity index (χ2v) is 6.60. The summed E-state index contributed by atoms with van der Waals surface area (Å²) in [5.74, 6) is -0.00533. The maximum Gasteiger partial charge on any atom is 0.175 e. The van der Waals surface area contributed by atoms with Crippen LogP contribution in [-0.2, 0) is 15.6 Å². The number of hydrogen-bond donors (Lipinski definition) is 0. The second-order valence-electron chi connectivity index (χ2n) is 3.79. The fourth-order valence-electron chi connectivity index (χ4n) is 1.41. The Morgan fingerprint density at radius 3 is 2.50 bits per heavy atom. The zero-order valence-corrected chi connectivity index (χ0v) is 11.8. The van der Waals surface area contributed by atoms with Gasteiger partial charge in [0.25, 0.3) is 0 Å². The summed E-state index contributed by atoms with van der Waals surface area (Å²) in [6.45, 7) is 0. The Balaban J connectivity index is 2.10. The molecule has 2 aromatic rings. The van der Waals surface area contributed by atoms with Crippen molar-refractivity contribution < 1.29 is 12.8 Å². The van der Waals surface area contributed by atoms with Gasteiger partial charge in [-0.15, -0.1) is 0 Å². The number of benzene rings is 1. The second kappa shape index (κ2) is 5.54. The maximum absolute atomic E-state index is 11.9. The molecule has 0 saturated carbocycles. The molecule has 0 aliphatic rings. The van der Waals surface area contributed by atoms with Crippen molar-refractivity contribution in [2.75, 3.05) is 0 Å². The van der Waals surface area contributed by atoms with E-state index < -0.39 is 9.84 Å². The fourth-order valence-corrected chi connectivity index (χ4v) is 2.80. The normalized spacial score (nSPS) is 12.1. The van der Waals surface area contributed by atoms with Gasteiger partial charge in [0, 0.05) is 15.4 Å². The first-order valence-corrected chi connectivity index (χ1v) is 7.73. The van der Waals surface area contributed by atoms with Crippen molar-refractivity contribution in [2.45, 2.75) is 5.75 Å². The summed E-state index contributed by atoms with van der Waals surface area (Å²) in [5, 5.41) is 1.21. The Morgan fingerprint density at radius 2 is 1.89 bits per heavy atom. The van der Waals surface area contributed by atoms with Gasteiger partial charge in [-0.3, -0.25) is 0 Å². The lowest BCUT2D eigenvalue weighted by Gasteiger charge is -2.00. The number of rotatable bonds is 4. The number of sulfone groups is 1. The van der Waals surface area contributed by atoms with Crippen LogP contribution >= 0.6 is 15.9 Å². The lowest BCUT2D eigenvalue weighted by atomic mass is 10.2. The Hall–Kier alpha value is -1.33. The van der Waals surface area contributed by atoms with Crippen LogP contribution in [-0.4, -0.2) is 8.42 Å². The van der Waals surface area contributed by atoms with Gasteiger partial charge in [0.2, 0.25) is 0 Å². The lowest BCUT2D eigenvalue weighted by Crippen LogP contribution is -1.99. The largest absolute Gasteiger partial charge is 0.472 e. The summed E-state index contributed by atoms with van der Waals surface area (Å²) in [4.78, 5) is 0. The van der Waals surface area contributed by atoms with Gasteiger partial charge in [-0.1, -0.05) is 28.1 Å². The molecule has 0 N–H and O–H groups in total. The molecule has 0 unspecified atom stereocenters. The summed E-state index contributed by atoms with van der Waals surface area (Å²) in [6.07, 6.45) is 4.52. The van der Waals surface area contributed by atoms with E-state index in [1.165, 1.54) is 24.0 Å². The molecule has 0 spiro atoms. The van der Waals surface area contributed by atoms with Crippen LogP contribution in [0.3, 0.4) is 0 Å². The van der Waals surface area contributed by atoms with E-state index in [1.807, 2.05) is 12.1 Å². The predicted molar refractivity (Wildman–Crippen MR) is 74.5 cm³/mol. The SMILES string of the molecule is O=S(=O)(C=Cc1ccoc1)Cc1ccc(Br)cc1. The van der Waals surface area contributed by atoms with Crippen molar-refractivity contribution in [3.63, 3.8) is 0 Å². The Labute approximate surface area is 114 Å². The first-order valence-electron chi connectivity index (χ1n) is 5.23. The third-order valence-electron chi connectivity index (χ3n) is 2.29. The number of halogens is 1. The molecular weight excluding hydrogens is 316 g/mol. The highest BCUT2D eigenvalue weighted by Gasteiger charge is 2.07. The number of hydrogen-bond acceptors (Lipinski definition) is 3. The quantitative estimate of drug-likeness (QED) is 0.861. The molecule has 0 aliphatic heterocycles. The van der Waals surface area contributed by atoms with Crippen molar-refractivity contribution in [3.8, 4) is 0 Å². The fraction of sp³-hybridized carbons (Fsp3) is 0.0769. The van der Waals surface area contributed by atoms with Crippen LogP contribution < -0.4 is 0 Å². The molecule has 0 saturated heterocycles. The minimum absolute atomic E-state index is 0.00533. The molecule has 0 atom stereocenters. The van der Waals surface area contributed by atoms with Crippen LogP contribution in [0.1, 0.15) is 11.1 Å². The maximum atomic E-state index is 11.9. The Bertz CT molecular complexity index is 625. The van der Waals surface area contributed by atoms with Crippen LogP contribution in [0.15, 0.2) is 57.2 Å². The van der Waals surface area contributed by atoms with E-state index >= 15 is 0 Å². The Kier molecular flexibility index (Phi) is 4.04. The van der Waals surface area contributed by atoms with Crippen molar-refractivity contribution in [1.29, 1.82) is 0 Å². The summed E-state index contributed by atoms with van der Waals surface area (Å²) >= 11 is 3.31. The molecule has 0 radical (unpaired) electrons. The zero-order valence-electron chi connectivity index (χ0n) is 9.41. The molecule has 1 heterocycles. The molecule has 0 bridgehead atoms. The minimum Gasteiger partial charge on any atom is -0.472 e. The van der Waals surface area contributed by atoms with Crippen molar-refractivity contribution in [1.82, 2.24) is 0 Å². The van der Waals surface area contributed by atoms with Crippen molar-refractivity contribution >= 4 is 31.8 Å². The highest BCUT2D eigenvalue weighted by Crippen LogP contribution is 2.14. The van der Waals surface area contributed by atoms with Gasteiger partial charge < -0.3 is 4.42 Å². The molecule has 0 amide bonds. The zero-order chi connectivity index (χ0) is 13.0. The summed E-state index contributed by atoms with van der Waals surface area (Å²) < 4.78 is 29.5. The van der Waals surface area contributed by atoms with Crippen LogP contribution in [0.4, 0.5) is 0 Å². The molecule has 0 fully saturated rings. The van der Waals surface area contributed by atoms with E-state index in [4.69, 9.17) is 4.42 Å². The highest BCUT2D eigenvalue weighted by atomic mass is 79.9. The third-order valence-corrected chi connectivity index (χ3v) is 4.11. The first kappa shape index (κ1) is 13.1. The van der Waals surface area contributed by atoms with Gasteiger partial charge in [0.05, 0.1) is 18.3 Å². The van der Waals surface area contributed by atoms with E-state index in [0.717, 1.165) is 15.6 Å². The van der Waals surface area contributed by atoms with Gasteiger partial charge in [-0.2, -0.15) is 0 Å². The molecule has 3 nitrogen and oxygen atoms in total. The number of furan rings is 1. The molecule has 0 aliphatic carbocycles. The molecule has 2 rings (SSSR count). The molecular formula is C13H11BrO3S. The predicted octanol–water partition coefficient (Wildman–Crippen LogP) is 3.63. The van der Waals surface area contributed by atoms with E-state index in [0.29, 0.717) is 0 Å². The topological polar surface area (TPSA) is 47.3 Å². The Morgan fingerprint density at radius 1 is 1.17 bits per heavy atom. The van der Waals surface area contributed by atoms with Crippen LogP contribution in [0.2, 0.25) is 0 Å². The van der Waals surface area contributed by atoms with Crippen LogP contribution in [0.5, 0.6) is 0 Å². The van der Waals surface area contributed by atoms with E-state index in [-0.39, 0.29) is 5.75 Å². The molecule has 18 heavy (non-hydrogen) atoms. The molecule has 5 heteroatoms. The average molecular weight is 327 g/mol. The van der Waals surface area contributed by atoms with Gasteiger partial charge in [0.15, 0.2) is 9.84 Å². The molecule has 1 aromatic heterocycles. The van der Waals surface area contributed by atoms with Gasteiger partial charge in [0.1, 0.15) is 0 Å². The monoisotopic (exact) mass is 326 g/mol. The van der Waals surface area contributed by atoms with Crippen LogP contribution in [0.25, 0.3) is 6.08 Å². The van der Waals surface area contributed by atoms with E-state index in [2.05, 4.69) is 15.9 Å². The highest BCUT2D eigenvalue weighted by molar-refractivity contribution is 9.10. The smallest absolute Gasteiger partial charge is 0.175 e. The summed E-state index contributed by atoms with van der Waals surface area (Å²) in [6, 6.07) is 8.92. The standard InChI is InChI=1S/C13H11BrO3S/c14-13-3-1-12(2-4-13)10-18(15,16)8-6-11-5-7-17-9-11/h1-9H,10H2. The lowest BCUT2D eigenvalue weighted by molar-refractivity contribution is 0.567. The first-order chi connectivity index (χ1) is 8.55. The summed E-state index contributed by atoms with van der Waals surface area (Å²) in [5.41, 5.74) is 1.49. The summed E-state index contributed by atoms with van der Waals surface area (Å²) in [7, 11) is -3.26. The van der Waals surface area contributed by atoms with E-state index in [9.17, 15) is 8.42 Å². The van der Waals surface area contributed by atoms with Gasteiger partial charge in [-0.25, -0.2) is 8.42 Å². The van der Waals surface area contributed by atoms with Gasteiger partial charge in [-0.05, 0) is 29.8 Å². The third kappa shape index (κ3) is 3.85. The molecule has 1 aromatic carbocycles. The average Bonchev–Trinajstić information content (AvgIpc) is 2.83. The van der Waals surface area contributed by atoms with Crippen LogP contribution in [0, 0.1) is 0 Å². The van der Waals surface area contributed by atoms with Crippen molar-refractivity contribution in [3.05, 3.63) is 63.9 Å². The molecule has 94 valence electrons. The minimum atomic E-state index is -3.26. The van der Waals surface area contributed by atoms with Crippen molar-refractivity contribution in [2.24, 2.45) is 0 Å². The van der Waals surface area contributed by atoms with Gasteiger partial charge >= 0.3 is 0 Å². The van der Waals surface area contributed by atoms with E-state index in [1.54, 1.807) is 18.2 Å².